The van der Waals surface area contributed by atoms with Gasteiger partial charge in [0.1, 0.15) is 18.3 Å². The van der Waals surface area contributed by atoms with Crippen LogP contribution in [-0.4, -0.2) is 4.98 Å². The number of aromatic nitrogens is 1. The molecular weight excluding hydrogens is 320 g/mol. The predicted octanol–water partition coefficient (Wildman–Crippen LogP) is 4.04. The smallest absolute Gasteiger partial charge is 0.246 e. The highest BCUT2D eigenvalue weighted by Crippen LogP contribution is 2.33. The number of rotatable bonds is 3. The fourth-order valence-corrected chi connectivity index (χ4v) is 2.34. The highest BCUT2D eigenvalue weighted by molar-refractivity contribution is 9.10. The largest absolute Gasteiger partial charge is 0.483 e. The van der Waals surface area contributed by atoms with Crippen LogP contribution in [0, 0.1) is 11.3 Å². The van der Waals surface area contributed by atoms with E-state index >= 15 is 0 Å². The number of fused-ring (bicyclic) bond motifs is 1. The van der Waals surface area contributed by atoms with Crippen molar-refractivity contribution in [3.8, 4) is 11.8 Å². The van der Waals surface area contributed by atoms with Crippen molar-refractivity contribution in [2.75, 3.05) is 0 Å². The molecule has 0 atom stereocenters. The van der Waals surface area contributed by atoms with Crippen LogP contribution in [0.25, 0.3) is 11.0 Å². The van der Waals surface area contributed by atoms with Crippen LogP contribution in [0.3, 0.4) is 0 Å². The van der Waals surface area contributed by atoms with Crippen LogP contribution in [0.5, 0.6) is 5.75 Å². The van der Waals surface area contributed by atoms with E-state index in [1.165, 1.54) is 0 Å². The summed E-state index contributed by atoms with van der Waals surface area (Å²) in [5.74, 6) is 0.664. The summed E-state index contributed by atoms with van der Waals surface area (Å²) in [6, 6.07) is 11.4. The molecule has 5 heteroatoms. The van der Waals surface area contributed by atoms with Crippen molar-refractivity contribution in [3.63, 3.8) is 0 Å². The Bertz CT molecular complexity index is 805. The van der Waals surface area contributed by atoms with Crippen LogP contribution >= 0.6 is 15.9 Å². The molecule has 0 saturated carbocycles. The van der Waals surface area contributed by atoms with Gasteiger partial charge in [0.15, 0.2) is 5.75 Å². The number of hydrogen-bond donors (Lipinski definition) is 0. The van der Waals surface area contributed by atoms with Crippen molar-refractivity contribution < 1.29 is 9.15 Å². The summed E-state index contributed by atoms with van der Waals surface area (Å²) in [6.07, 6.45) is 3.43. The number of para-hydroxylation sites is 1. The Morgan fingerprint density at radius 2 is 2.15 bits per heavy atom. The summed E-state index contributed by atoms with van der Waals surface area (Å²) < 4.78 is 12.1. The third-order valence-corrected chi connectivity index (χ3v) is 3.23. The topological polar surface area (TPSA) is 59.0 Å². The van der Waals surface area contributed by atoms with Crippen LogP contribution < -0.4 is 4.74 Å². The molecule has 3 rings (SSSR count). The second-order valence-electron chi connectivity index (χ2n) is 4.17. The fourth-order valence-electron chi connectivity index (χ4n) is 1.93. The van der Waals surface area contributed by atoms with Crippen molar-refractivity contribution in [1.29, 1.82) is 5.26 Å². The molecule has 20 heavy (non-hydrogen) atoms. The van der Waals surface area contributed by atoms with E-state index in [9.17, 15) is 0 Å². The molecule has 1 aromatic carbocycles. The molecule has 0 saturated heterocycles. The molecule has 0 radical (unpaired) electrons. The van der Waals surface area contributed by atoms with Crippen molar-refractivity contribution in [2.24, 2.45) is 0 Å². The first-order chi connectivity index (χ1) is 9.78. The van der Waals surface area contributed by atoms with Gasteiger partial charge < -0.3 is 9.15 Å². The van der Waals surface area contributed by atoms with Gasteiger partial charge in [0, 0.05) is 22.4 Å². The van der Waals surface area contributed by atoms with Crippen LogP contribution in [0.1, 0.15) is 11.3 Å². The molecule has 0 spiro atoms. The van der Waals surface area contributed by atoms with Crippen molar-refractivity contribution in [3.05, 3.63) is 58.5 Å². The molecule has 0 aliphatic rings. The zero-order chi connectivity index (χ0) is 13.9. The van der Waals surface area contributed by atoms with Gasteiger partial charge in [0.2, 0.25) is 5.76 Å². The summed E-state index contributed by atoms with van der Waals surface area (Å²) in [7, 11) is 0. The number of pyridine rings is 1. The summed E-state index contributed by atoms with van der Waals surface area (Å²) in [5, 5.41) is 9.92. The van der Waals surface area contributed by atoms with Gasteiger partial charge in [0.05, 0.1) is 5.39 Å². The van der Waals surface area contributed by atoms with Crippen LogP contribution in [-0.2, 0) is 6.61 Å². The summed E-state index contributed by atoms with van der Waals surface area (Å²) in [6.45, 7) is 0.324. The molecule has 2 heterocycles. The van der Waals surface area contributed by atoms with Gasteiger partial charge in [0.25, 0.3) is 0 Å². The highest BCUT2D eigenvalue weighted by Gasteiger charge is 2.15. The Morgan fingerprint density at radius 3 is 2.95 bits per heavy atom. The van der Waals surface area contributed by atoms with E-state index in [4.69, 9.17) is 14.4 Å². The fraction of sp³-hybridized carbons (Fsp3) is 0.0667. The van der Waals surface area contributed by atoms with E-state index in [-0.39, 0.29) is 5.76 Å². The third kappa shape index (κ3) is 2.38. The quantitative estimate of drug-likeness (QED) is 0.728. The second-order valence-corrected chi connectivity index (χ2v) is 5.08. The molecule has 0 fully saturated rings. The minimum Gasteiger partial charge on any atom is -0.483 e. The first-order valence-electron chi connectivity index (χ1n) is 5.92. The Morgan fingerprint density at radius 1 is 1.30 bits per heavy atom. The summed E-state index contributed by atoms with van der Waals surface area (Å²) >= 11 is 3.36. The average Bonchev–Trinajstić information content (AvgIpc) is 2.83. The Balaban J connectivity index is 1.93. The third-order valence-electron chi connectivity index (χ3n) is 2.80. The summed E-state index contributed by atoms with van der Waals surface area (Å²) in [4.78, 5) is 4.07. The molecule has 0 aliphatic carbocycles. The second kappa shape index (κ2) is 5.35. The van der Waals surface area contributed by atoms with E-state index < -0.39 is 0 Å². The van der Waals surface area contributed by atoms with E-state index in [0.717, 1.165) is 15.4 Å². The lowest BCUT2D eigenvalue weighted by atomic mass is 10.2. The molecule has 0 N–H and O–H groups in total. The Labute approximate surface area is 123 Å². The zero-order valence-corrected chi connectivity index (χ0v) is 11.9. The van der Waals surface area contributed by atoms with Gasteiger partial charge in [-0.05, 0) is 34.1 Å². The molecule has 4 nitrogen and oxygen atoms in total. The zero-order valence-electron chi connectivity index (χ0n) is 10.3. The van der Waals surface area contributed by atoms with Crippen LogP contribution in [0.15, 0.2) is 51.6 Å². The number of nitriles is 1. The molecule has 0 amide bonds. The van der Waals surface area contributed by atoms with Crippen molar-refractivity contribution in [2.45, 2.75) is 6.61 Å². The molecule has 0 aliphatic heterocycles. The summed E-state index contributed by atoms with van der Waals surface area (Å²) in [5.41, 5.74) is 1.56. The van der Waals surface area contributed by atoms with Gasteiger partial charge in [-0.25, -0.2) is 0 Å². The minimum absolute atomic E-state index is 0.189. The van der Waals surface area contributed by atoms with E-state index in [2.05, 4.69) is 20.9 Å². The van der Waals surface area contributed by atoms with Gasteiger partial charge in [-0.15, -0.1) is 0 Å². The van der Waals surface area contributed by atoms with Crippen molar-refractivity contribution in [1.82, 2.24) is 4.98 Å². The van der Waals surface area contributed by atoms with Crippen LogP contribution in [0.4, 0.5) is 0 Å². The lowest BCUT2D eigenvalue weighted by molar-refractivity contribution is 0.303. The molecule has 2 aromatic heterocycles. The Kier molecular flexibility index (Phi) is 3.40. The number of hydrogen-bond acceptors (Lipinski definition) is 4. The maximum atomic E-state index is 9.12. The standard InChI is InChI=1S/C15H9BrN2O2/c16-11-5-10(7-18-8-11)9-19-15-12-3-1-2-4-13(12)20-14(15)6-17/h1-5,7-8H,9H2. The average molecular weight is 329 g/mol. The van der Waals surface area contributed by atoms with Crippen LogP contribution in [0.2, 0.25) is 0 Å². The SMILES string of the molecule is N#Cc1oc2ccccc2c1OCc1cncc(Br)c1. The predicted molar refractivity (Wildman–Crippen MR) is 77.2 cm³/mol. The first kappa shape index (κ1) is 12.7. The molecule has 0 bridgehead atoms. The number of benzene rings is 1. The first-order valence-corrected chi connectivity index (χ1v) is 6.71. The molecule has 98 valence electrons. The van der Waals surface area contributed by atoms with E-state index in [1.807, 2.05) is 36.4 Å². The Hall–Kier alpha value is -2.32. The van der Waals surface area contributed by atoms with E-state index in [1.54, 1.807) is 12.4 Å². The lowest BCUT2D eigenvalue weighted by Crippen LogP contribution is -1.96. The van der Waals surface area contributed by atoms with E-state index in [0.29, 0.717) is 17.9 Å². The monoisotopic (exact) mass is 328 g/mol. The number of furan rings is 1. The molecule has 3 aromatic rings. The van der Waals surface area contributed by atoms with Gasteiger partial charge in [-0.1, -0.05) is 12.1 Å². The number of halogens is 1. The van der Waals surface area contributed by atoms with Gasteiger partial charge in [-0.2, -0.15) is 5.26 Å². The number of nitrogens with zero attached hydrogens (tertiary/aromatic N) is 2. The van der Waals surface area contributed by atoms with Gasteiger partial charge in [-0.3, -0.25) is 4.98 Å². The normalized spacial score (nSPS) is 10.4. The maximum absolute atomic E-state index is 9.12. The van der Waals surface area contributed by atoms with Gasteiger partial charge >= 0.3 is 0 Å². The molecular formula is C15H9BrN2O2. The van der Waals surface area contributed by atoms with Crippen molar-refractivity contribution >= 4 is 26.9 Å². The number of ether oxygens (including phenoxy) is 1. The molecule has 0 unspecified atom stereocenters. The highest BCUT2D eigenvalue weighted by atomic mass is 79.9. The minimum atomic E-state index is 0.189. The lowest BCUT2D eigenvalue weighted by Gasteiger charge is -2.04. The maximum Gasteiger partial charge on any atom is 0.246 e.